The Balaban J connectivity index is 1.60. The topological polar surface area (TPSA) is 43.4 Å². The number of ketones is 1. The molecular weight excluding hydrogens is 300 g/mol. The number of carbonyl (C=O) groups is 2. The Morgan fingerprint density at radius 3 is 2.50 bits per heavy atom. The van der Waals surface area contributed by atoms with Crippen molar-refractivity contribution in [2.45, 2.75) is 84.7 Å². The van der Waals surface area contributed by atoms with Gasteiger partial charge in [-0.05, 0) is 74.0 Å². The summed E-state index contributed by atoms with van der Waals surface area (Å²) in [6.45, 7) is 6.34. The Kier molecular flexibility index (Phi) is 3.85. The Morgan fingerprint density at radius 1 is 1.00 bits per heavy atom. The van der Waals surface area contributed by atoms with E-state index in [4.69, 9.17) is 4.74 Å². The Labute approximate surface area is 145 Å². The summed E-state index contributed by atoms with van der Waals surface area (Å²) in [5.41, 5.74) is 0.397. The maximum atomic E-state index is 12.2. The molecule has 0 unspecified atom stereocenters. The first-order chi connectivity index (χ1) is 11.3. The van der Waals surface area contributed by atoms with Gasteiger partial charge in [0.05, 0.1) is 0 Å². The number of carbonyl (C=O) groups excluding carboxylic acids is 2. The molecule has 4 aliphatic rings. The SMILES string of the molecule is CC(=O)O[C@H]1CC[C@H]2[C@@H]3CC[C@H]4CCC(=O)C[C@]4(C)[C@H]3CC[C@]12C. The first-order valence-corrected chi connectivity index (χ1v) is 10.0. The number of esters is 1. The summed E-state index contributed by atoms with van der Waals surface area (Å²) in [5.74, 6) is 3.23. The van der Waals surface area contributed by atoms with Gasteiger partial charge < -0.3 is 4.74 Å². The van der Waals surface area contributed by atoms with Crippen LogP contribution in [0.4, 0.5) is 0 Å². The van der Waals surface area contributed by atoms with Crippen LogP contribution >= 0.6 is 0 Å². The van der Waals surface area contributed by atoms with E-state index in [0.29, 0.717) is 17.6 Å². The lowest BCUT2D eigenvalue weighted by molar-refractivity contribution is -0.163. The van der Waals surface area contributed by atoms with Gasteiger partial charge in [-0.25, -0.2) is 0 Å². The summed E-state index contributed by atoms with van der Waals surface area (Å²) in [7, 11) is 0. The van der Waals surface area contributed by atoms with Gasteiger partial charge in [0.25, 0.3) is 0 Å². The van der Waals surface area contributed by atoms with E-state index in [-0.39, 0.29) is 22.9 Å². The monoisotopic (exact) mass is 332 g/mol. The molecule has 0 aliphatic heterocycles. The second-order valence-corrected chi connectivity index (χ2v) is 9.63. The smallest absolute Gasteiger partial charge is 0.302 e. The van der Waals surface area contributed by atoms with Crippen molar-refractivity contribution in [1.29, 1.82) is 0 Å². The molecule has 3 heteroatoms. The van der Waals surface area contributed by atoms with E-state index in [9.17, 15) is 9.59 Å². The van der Waals surface area contributed by atoms with E-state index in [1.165, 1.54) is 25.7 Å². The highest BCUT2D eigenvalue weighted by molar-refractivity contribution is 5.80. The highest BCUT2D eigenvalue weighted by Gasteiger charge is 2.61. The Bertz CT molecular complexity index is 555. The number of hydrogen-bond donors (Lipinski definition) is 0. The van der Waals surface area contributed by atoms with Gasteiger partial charge in [0.15, 0.2) is 0 Å². The fourth-order valence-corrected chi connectivity index (χ4v) is 7.48. The summed E-state index contributed by atoms with van der Waals surface area (Å²) in [6.07, 6.45) is 10.1. The minimum absolute atomic E-state index is 0.111. The molecular formula is C21H32O3. The molecule has 0 aromatic heterocycles. The van der Waals surface area contributed by atoms with Crippen molar-refractivity contribution in [2.75, 3.05) is 0 Å². The summed E-state index contributed by atoms with van der Waals surface area (Å²) in [4.78, 5) is 23.7. The molecule has 0 aromatic rings. The van der Waals surface area contributed by atoms with Crippen LogP contribution in [0.5, 0.6) is 0 Å². The normalized spacial score (nSPS) is 50.6. The largest absolute Gasteiger partial charge is 0.462 e. The molecule has 0 saturated heterocycles. The number of fused-ring (bicyclic) bond motifs is 5. The number of ether oxygens (including phenoxy) is 1. The van der Waals surface area contributed by atoms with Gasteiger partial charge in [-0.15, -0.1) is 0 Å². The molecule has 4 saturated carbocycles. The van der Waals surface area contributed by atoms with Crippen molar-refractivity contribution >= 4 is 11.8 Å². The number of hydrogen-bond acceptors (Lipinski definition) is 3. The van der Waals surface area contributed by atoms with Crippen LogP contribution in [0.15, 0.2) is 0 Å². The van der Waals surface area contributed by atoms with Gasteiger partial charge >= 0.3 is 5.97 Å². The van der Waals surface area contributed by atoms with E-state index < -0.39 is 0 Å². The van der Waals surface area contributed by atoms with Crippen LogP contribution in [0.25, 0.3) is 0 Å². The molecule has 0 heterocycles. The first-order valence-electron chi connectivity index (χ1n) is 10.0. The molecule has 134 valence electrons. The van der Waals surface area contributed by atoms with Crippen LogP contribution in [-0.2, 0) is 14.3 Å². The standard InChI is InChI=1S/C21H32O3/c1-13(22)24-19-9-8-17-16-7-5-14-4-6-15(23)12-21(14,3)18(16)10-11-20(17,19)2/h14,16-19H,4-12H2,1-3H3/t14-,16+,17+,18+,19+,20+,21+/m1/s1. The maximum absolute atomic E-state index is 12.2. The summed E-state index contributed by atoms with van der Waals surface area (Å²) in [5, 5.41) is 0. The van der Waals surface area contributed by atoms with Crippen molar-refractivity contribution in [2.24, 2.45) is 34.5 Å². The molecule has 0 radical (unpaired) electrons. The van der Waals surface area contributed by atoms with Crippen molar-refractivity contribution < 1.29 is 14.3 Å². The highest BCUT2D eigenvalue weighted by atomic mass is 16.5. The quantitative estimate of drug-likeness (QED) is 0.663. The summed E-state index contributed by atoms with van der Waals surface area (Å²) < 4.78 is 5.72. The molecule has 7 atom stereocenters. The van der Waals surface area contributed by atoms with Crippen LogP contribution in [0.2, 0.25) is 0 Å². The Hall–Kier alpha value is -0.860. The second-order valence-electron chi connectivity index (χ2n) is 9.63. The zero-order valence-corrected chi connectivity index (χ0v) is 15.5. The molecule has 0 N–H and O–H groups in total. The van der Waals surface area contributed by atoms with E-state index >= 15 is 0 Å². The lowest BCUT2D eigenvalue weighted by Crippen LogP contribution is -2.54. The second kappa shape index (κ2) is 5.57. The van der Waals surface area contributed by atoms with E-state index in [0.717, 1.165) is 43.9 Å². The zero-order chi connectivity index (χ0) is 17.1. The first kappa shape index (κ1) is 16.6. The predicted octanol–water partition coefficient (Wildman–Crippen LogP) is 4.53. The summed E-state index contributed by atoms with van der Waals surface area (Å²) >= 11 is 0. The lowest BCUT2D eigenvalue weighted by atomic mass is 9.45. The molecule has 0 spiro atoms. The molecule has 24 heavy (non-hydrogen) atoms. The molecule has 0 bridgehead atoms. The van der Waals surface area contributed by atoms with E-state index in [2.05, 4.69) is 13.8 Å². The van der Waals surface area contributed by atoms with Crippen molar-refractivity contribution in [3.8, 4) is 0 Å². The van der Waals surface area contributed by atoms with Gasteiger partial charge in [-0.2, -0.15) is 0 Å². The summed E-state index contributed by atoms with van der Waals surface area (Å²) in [6, 6.07) is 0. The predicted molar refractivity (Wildman–Crippen MR) is 92.3 cm³/mol. The number of Topliss-reactive ketones (excluding diaryl/α,β-unsaturated/α-hetero) is 1. The van der Waals surface area contributed by atoms with Crippen molar-refractivity contribution in [3.05, 3.63) is 0 Å². The van der Waals surface area contributed by atoms with E-state index in [1.54, 1.807) is 6.92 Å². The minimum Gasteiger partial charge on any atom is -0.462 e. The fourth-order valence-electron chi connectivity index (χ4n) is 7.48. The highest BCUT2D eigenvalue weighted by Crippen LogP contribution is 2.66. The van der Waals surface area contributed by atoms with Crippen molar-refractivity contribution in [1.82, 2.24) is 0 Å². The van der Waals surface area contributed by atoms with Gasteiger partial charge in [-0.1, -0.05) is 13.8 Å². The molecule has 0 amide bonds. The van der Waals surface area contributed by atoms with Crippen LogP contribution in [0.3, 0.4) is 0 Å². The van der Waals surface area contributed by atoms with Crippen LogP contribution in [0.1, 0.15) is 78.6 Å². The third-order valence-corrected chi connectivity index (χ3v) is 8.64. The lowest BCUT2D eigenvalue weighted by Gasteiger charge is -2.59. The zero-order valence-electron chi connectivity index (χ0n) is 15.5. The van der Waals surface area contributed by atoms with Crippen molar-refractivity contribution in [3.63, 3.8) is 0 Å². The molecule has 4 fully saturated rings. The molecule has 4 aliphatic carbocycles. The van der Waals surface area contributed by atoms with Crippen LogP contribution < -0.4 is 0 Å². The van der Waals surface area contributed by atoms with Crippen LogP contribution in [0, 0.1) is 34.5 Å². The third kappa shape index (κ3) is 2.29. The number of rotatable bonds is 1. The van der Waals surface area contributed by atoms with E-state index in [1.807, 2.05) is 0 Å². The molecule has 3 nitrogen and oxygen atoms in total. The Morgan fingerprint density at radius 2 is 1.75 bits per heavy atom. The average molecular weight is 332 g/mol. The molecule has 0 aromatic carbocycles. The van der Waals surface area contributed by atoms with Gasteiger partial charge in [0, 0.05) is 25.2 Å². The third-order valence-electron chi connectivity index (χ3n) is 8.64. The van der Waals surface area contributed by atoms with Gasteiger partial charge in [0.2, 0.25) is 0 Å². The average Bonchev–Trinajstić information content (AvgIpc) is 2.82. The fraction of sp³-hybridized carbons (Fsp3) is 0.905. The maximum Gasteiger partial charge on any atom is 0.302 e. The minimum atomic E-state index is -0.127. The van der Waals surface area contributed by atoms with Gasteiger partial charge in [0.1, 0.15) is 11.9 Å². The van der Waals surface area contributed by atoms with Gasteiger partial charge in [-0.3, -0.25) is 9.59 Å². The van der Waals surface area contributed by atoms with Crippen LogP contribution in [-0.4, -0.2) is 17.9 Å². The molecule has 4 rings (SSSR count).